The van der Waals surface area contributed by atoms with E-state index in [1.807, 2.05) is 0 Å². The number of carbonyl (C=O) groups is 1. The Morgan fingerprint density at radius 2 is 2.05 bits per heavy atom. The zero-order chi connectivity index (χ0) is 13.9. The lowest BCUT2D eigenvalue weighted by atomic mass is 9.75. The van der Waals surface area contributed by atoms with Crippen molar-refractivity contribution in [1.82, 2.24) is 0 Å². The maximum absolute atomic E-state index is 13.8. The average Bonchev–Trinajstić information content (AvgIpc) is 2.38. The number of rotatable bonds is 4. The van der Waals surface area contributed by atoms with Crippen molar-refractivity contribution < 1.29 is 14.3 Å². The largest absolute Gasteiger partial charge is 0.478 e. The molecule has 0 bridgehead atoms. The molecule has 2 rings (SSSR count). The summed E-state index contributed by atoms with van der Waals surface area (Å²) in [7, 11) is 0. The van der Waals surface area contributed by atoms with Gasteiger partial charge in [-0.15, -0.1) is 0 Å². The summed E-state index contributed by atoms with van der Waals surface area (Å²) >= 11 is 0. The van der Waals surface area contributed by atoms with Gasteiger partial charge in [-0.2, -0.15) is 0 Å². The molecule has 1 aromatic rings. The standard InChI is InChI=1S/C15H20FNO2/c1-15(8-3-2-4-9-15)10-17-13-11(14(18)19)6-5-7-12(13)16/h5-7,17H,2-4,8-10H2,1H3,(H,18,19). The van der Waals surface area contributed by atoms with Crippen molar-refractivity contribution in [2.75, 3.05) is 11.9 Å². The lowest BCUT2D eigenvalue weighted by molar-refractivity contribution is 0.0697. The summed E-state index contributed by atoms with van der Waals surface area (Å²) in [4.78, 5) is 11.1. The molecular formula is C15H20FNO2. The van der Waals surface area contributed by atoms with E-state index in [1.54, 1.807) is 0 Å². The van der Waals surface area contributed by atoms with E-state index < -0.39 is 11.8 Å². The molecule has 0 spiro atoms. The molecule has 1 aliphatic rings. The Morgan fingerprint density at radius 1 is 1.37 bits per heavy atom. The number of aromatic carboxylic acids is 1. The highest BCUT2D eigenvalue weighted by Crippen LogP contribution is 2.36. The van der Waals surface area contributed by atoms with Crippen LogP contribution in [0.3, 0.4) is 0 Å². The van der Waals surface area contributed by atoms with Crippen molar-refractivity contribution in [3.05, 3.63) is 29.6 Å². The number of carboxylic acids is 1. The molecule has 1 aromatic carbocycles. The van der Waals surface area contributed by atoms with Gasteiger partial charge in [0.1, 0.15) is 5.82 Å². The van der Waals surface area contributed by atoms with Crippen LogP contribution in [0, 0.1) is 11.2 Å². The Kier molecular flexibility index (Phi) is 4.08. The highest BCUT2D eigenvalue weighted by atomic mass is 19.1. The van der Waals surface area contributed by atoms with Crippen LogP contribution in [0.1, 0.15) is 49.4 Å². The fourth-order valence-electron chi connectivity index (χ4n) is 2.77. The number of hydrogen-bond acceptors (Lipinski definition) is 2. The van der Waals surface area contributed by atoms with Crippen LogP contribution in [0.2, 0.25) is 0 Å². The van der Waals surface area contributed by atoms with E-state index in [-0.39, 0.29) is 16.7 Å². The molecule has 1 saturated carbocycles. The normalized spacial score (nSPS) is 18.0. The van der Waals surface area contributed by atoms with Crippen LogP contribution in [0.4, 0.5) is 10.1 Å². The topological polar surface area (TPSA) is 49.3 Å². The van der Waals surface area contributed by atoms with Gasteiger partial charge in [0, 0.05) is 6.54 Å². The summed E-state index contributed by atoms with van der Waals surface area (Å²) in [6, 6.07) is 4.14. The minimum atomic E-state index is -1.10. The van der Waals surface area contributed by atoms with Crippen LogP contribution in [0.5, 0.6) is 0 Å². The van der Waals surface area contributed by atoms with E-state index in [2.05, 4.69) is 12.2 Å². The van der Waals surface area contributed by atoms with Gasteiger partial charge in [-0.05, 0) is 30.4 Å². The molecule has 0 amide bonds. The zero-order valence-electron chi connectivity index (χ0n) is 11.2. The molecule has 2 N–H and O–H groups in total. The van der Waals surface area contributed by atoms with Gasteiger partial charge in [-0.25, -0.2) is 9.18 Å². The van der Waals surface area contributed by atoms with E-state index in [0.29, 0.717) is 6.54 Å². The second kappa shape index (κ2) is 5.59. The molecule has 1 fully saturated rings. The highest BCUT2D eigenvalue weighted by Gasteiger charge is 2.27. The molecule has 0 heterocycles. The first-order valence-corrected chi connectivity index (χ1v) is 6.77. The monoisotopic (exact) mass is 265 g/mol. The van der Waals surface area contributed by atoms with Crippen LogP contribution < -0.4 is 5.32 Å². The predicted octanol–water partition coefficient (Wildman–Crippen LogP) is 3.91. The molecule has 1 aliphatic carbocycles. The van der Waals surface area contributed by atoms with Crippen LogP contribution in [-0.2, 0) is 0 Å². The molecule has 0 unspecified atom stereocenters. The Bertz CT molecular complexity index is 467. The molecule has 0 atom stereocenters. The minimum absolute atomic E-state index is 0.000547. The van der Waals surface area contributed by atoms with Gasteiger partial charge >= 0.3 is 5.97 Å². The smallest absolute Gasteiger partial charge is 0.337 e. The number of benzene rings is 1. The first-order valence-electron chi connectivity index (χ1n) is 6.77. The molecule has 0 saturated heterocycles. The van der Waals surface area contributed by atoms with E-state index >= 15 is 0 Å². The molecule has 0 aliphatic heterocycles. The molecule has 104 valence electrons. The highest BCUT2D eigenvalue weighted by molar-refractivity contribution is 5.94. The van der Waals surface area contributed by atoms with Gasteiger partial charge in [0.15, 0.2) is 0 Å². The van der Waals surface area contributed by atoms with E-state index in [4.69, 9.17) is 5.11 Å². The molecule has 4 heteroatoms. The van der Waals surface area contributed by atoms with Crippen molar-refractivity contribution in [3.63, 3.8) is 0 Å². The Morgan fingerprint density at radius 3 is 2.68 bits per heavy atom. The lowest BCUT2D eigenvalue weighted by Gasteiger charge is -2.34. The SMILES string of the molecule is CC1(CNc2c(F)cccc2C(=O)O)CCCCC1. The molecule has 0 radical (unpaired) electrons. The summed E-state index contributed by atoms with van der Waals surface area (Å²) in [6.45, 7) is 2.80. The summed E-state index contributed by atoms with van der Waals surface area (Å²) in [5.41, 5.74) is 0.247. The quantitative estimate of drug-likeness (QED) is 0.867. The maximum atomic E-state index is 13.8. The third kappa shape index (κ3) is 3.25. The van der Waals surface area contributed by atoms with E-state index in [9.17, 15) is 9.18 Å². The fraction of sp³-hybridized carbons (Fsp3) is 0.533. The molecule has 0 aromatic heterocycles. The summed E-state index contributed by atoms with van der Waals surface area (Å²) < 4.78 is 13.8. The van der Waals surface area contributed by atoms with E-state index in [0.717, 1.165) is 12.8 Å². The predicted molar refractivity (Wildman–Crippen MR) is 73.0 cm³/mol. The average molecular weight is 265 g/mol. The number of carboxylic acid groups (broad SMARTS) is 1. The van der Waals surface area contributed by atoms with Crippen LogP contribution >= 0.6 is 0 Å². The summed E-state index contributed by atoms with van der Waals surface area (Å²) in [5.74, 6) is -1.60. The first kappa shape index (κ1) is 13.8. The maximum Gasteiger partial charge on any atom is 0.337 e. The van der Waals surface area contributed by atoms with Crippen LogP contribution in [0.15, 0.2) is 18.2 Å². The second-order valence-electron chi connectivity index (χ2n) is 5.69. The number of anilines is 1. The molecular weight excluding hydrogens is 245 g/mol. The van der Waals surface area contributed by atoms with E-state index in [1.165, 1.54) is 37.5 Å². The van der Waals surface area contributed by atoms with Gasteiger partial charge in [0.2, 0.25) is 0 Å². The Balaban J connectivity index is 2.12. The first-order chi connectivity index (χ1) is 9.02. The molecule has 19 heavy (non-hydrogen) atoms. The molecule has 3 nitrogen and oxygen atoms in total. The zero-order valence-corrected chi connectivity index (χ0v) is 11.2. The van der Waals surface area contributed by atoms with Crippen molar-refractivity contribution in [3.8, 4) is 0 Å². The van der Waals surface area contributed by atoms with Crippen LogP contribution in [0.25, 0.3) is 0 Å². The summed E-state index contributed by atoms with van der Waals surface area (Å²) in [5, 5.41) is 12.1. The van der Waals surface area contributed by atoms with Gasteiger partial charge in [-0.1, -0.05) is 32.3 Å². The third-order valence-corrected chi connectivity index (χ3v) is 4.00. The third-order valence-electron chi connectivity index (χ3n) is 4.00. The van der Waals surface area contributed by atoms with Crippen molar-refractivity contribution in [1.29, 1.82) is 0 Å². The van der Waals surface area contributed by atoms with Gasteiger partial charge < -0.3 is 10.4 Å². The van der Waals surface area contributed by atoms with Crippen LogP contribution in [-0.4, -0.2) is 17.6 Å². The number of halogens is 1. The van der Waals surface area contributed by atoms with Crippen molar-refractivity contribution in [2.24, 2.45) is 5.41 Å². The van der Waals surface area contributed by atoms with Gasteiger partial charge in [-0.3, -0.25) is 0 Å². The lowest BCUT2D eigenvalue weighted by Crippen LogP contribution is -2.29. The van der Waals surface area contributed by atoms with Crippen molar-refractivity contribution in [2.45, 2.75) is 39.0 Å². The van der Waals surface area contributed by atoms with Gasteiger partial charge in [0.05, 0.1) is 11.3 Å². The number of hydrogen-bond donors (Lipinski definition) is 2. The fourth-order valence-corrected chi connectivity index (χ4v) is 2.77. The number of para-hydroxylation sites is 1. The van der Waals surface area contributed by atoms with Crippen molar-refractivity contribution >= 4 is 11.7 Å². The van der Waals surface area contributed by atoms with Gasteiger partial charge in [0.25, 0.3) is 0 Å². The number of nitrogens with one attached hydrogen (secondary N) is 1. The summed E-state index contributed by atoms with van der Waals surface area (Å²) in [6.07, 6.45) is 5.87. The Labute approximate surface area is 112 Å². The minimum Gasteiger partial charge on any atom is -0.478 e. The Hall–Kier alpha value is -1.58. The second-order valence-corrected chi connectivity index (χ2v) is 5.69.